The van der Waals surface area contributed by atoms with Gasteiger partial charge in [0.1, 0.15) is 11.6 Å². The van der Waals surface area contributed by atoms with Crippen molar-refractivity contribution in [2.24, 2.45) is 0 Å². The fourth-order valence-corrected chi connectivity index (χ4v) is 2.02. The Labute approximate surface area is 122 Å². The van der Waals surface area contributed by atoms with Gasteiger partial charge in [-0.25, -0.2) is 8.78 Å². The Morgan fingerprint density at radius 3 is 2.57 bits per heavy atom. The Kier molecular flexibility index (Phi) is 4.52. The first kappa shape index (κ1) is 15.0. The maximum atomic E-state index is 13.5. The standard InChI is InChI=1S/C16H16F2N2O/c1-10-7-13(19-2)4-5-14(10)16(21)20-9-11-8-12(17)3-6-15(11)18/h3-8,19H,9H2,1-2H3,(H,20,21). The molecular formula is C16H16F2N2O. The number of rotatable bonds is 4. The van der Waals surface area contributed by atoms with E-state index in [1.807, 2.05) is 13.0 Å². The van der Waals surface area contributed by atoms with Gasteiger partial charge in [0, 0.05) is 30.4 Å². The highest BCUT2D eigenvalue weighted by Gasteiger charge is 2.11. The first-order chi connectivity index (χ1) is 10.0. The van der Waals surface area contributed by atoms with E-state index in [9.17, 15) is 13.6 Å². The van der Waals surface area contributed by atoms with E-state index >= 15 is 0 Å². The van der Waals surface area contributed by atoms with E-state index in [0.29, 0.717) is 5.56 Å². The topological polar surface area (TPSA) is 41.1 Å². The highest BCUT2D eigenvalue weighted by atomic mass is 19.1. The van der Waals surface area contributed by atoms with Crippen LogP contribution in [-0.4, -0.2) is 13.0 Å². The second-order valence-electron chi connectivity index (χ2n) is 4.70. The van der Waals surface area contributed by atoms with Crippen LogP contribution in [0, 0.1) is 18.6 Å². The zero-order valence-electron chi connectivity index (χ0n) is 11.8. The molecule has 0 unspecified atom stereocenters. The molecule has 1 amide bonds. The molecule has 5 heteroatoms. The van der Waals surface area contributed by atoms with Gasteiger partial charge >= 0.3 is 0 Å². The van der Waals surface area contributed by atoms with E-state index in [1.54, 1.807) is 19.2 Å². The van der Waals surface area contributed by atoms with E-state index in [1.165, 1.54) is 0 Å². The molecule has 3 nitrogen and oxygen atoms in total. The van der Waals surface area contributed by atoms with Crippen molar-refractivity contribution in [3.63, 3.8) is 0 Å². The van der Waals surface area contributed by atoms with Crippen LogP contribution in [0.15, 0.2) is 36.4 Å². The molecule has 2 rings (SSSR count). The van der Waals surface area contributed by atoms with Crippen molar-refractivity contribution >= 4 is 11.6 Å². The fraction of sp³-hybridized carbons (Fsp3) is 0.188. The number of hydrogen-bond acceptors (Lipinski definition) is 2. The summed E-state index contributed by atoms with van der Waals surface area (Å²) in [5.41, 5.74) is 2.33. The first-order valence-corrected chi connectivity index (χ1v) is 6.52. The van der Waals surface area contributed by atoms with E-state index in [0.717, 1.165) is 29.4 Å². The molecule has 0 heterocycles. The number of amides is 1. The van der Waals surface area contributed by atoms with Crippen LogP contribution in [0.3, 0.4) is 0 Å². The van der Waals surface area contributed by atoms with Crippen molar-refractivity contribution in [1.82, 2.24) is 5.32 Å². The van der Waals surface area contributed by atoms with Crippen LogP contribution in [0.5, 0.6) is 0 Å². The van der Waals surface area contributed by atoms with Crippen LogP contribution < -0.4 is 10.6 Å². The summed E-state index contributed by atoms with van der Waals surface area (Å²) in [6.07, 6.45) is 0. The largest absolute Gasteiger partial charge is 0.388 e. The monoisotopic (exact) mass is 290 g/mol. The van der Waals surface area contributed by atoms with Crippen LogP contribution in [0.4, 0.5) is 14.5 Å². The predicted molar refractivity (Wildman–Crippen MR) is 78.3 cm³/mol. The lowest BCUT2D eigenvalue weighted by Gasteiger charge is -2.10. The normalized spacial score (nSPS) is 10.3. The summed E-state index contributed by atoms with van der Waals surface area (Å²) >= 11 is 0. The zero-order chi connectivity index (χ0) is 15.4. The molecular weight excluding hydrogens is 274 g/mol. The average Bonchev–Trinajstić information content (AvgIpc) is 2.47. The van der Waals surface area contributed by atoms with Gasteiger partial charge in [0.05, 0.1) is 0 Å². The highest BCUT2D eigenvalue weighted by molar-refractivity contribution is 5.96. The number of aryl methyl sites for hydroxylation is 1. The predicted octanol–water partition coefficient (Wildman–Crippen LogP) is 3.24. The molecule has 110 valence electrons. The van der Waals surface area contributed by atoms with Gasteiger partial charge in [0.25, 0.3) is 5.91 Å². The van der Waals surface area contributed by atoms with Gasteiger partial charge < -0.3 is 10.6 Å². The molecule has 0 aliphatic rings. The highest BCUT2D eigenvalue weighted by Crippen LogP contribution is 2.15. The van der Waals surface area contributed by atoms with Gasteiger partial charge in [-0.3, -0.25) is 4.79 Å². The number of carbonyl (C=O) groups is 1. The molecule has 0 saturated carbocycles. The first-order valence-electron chi connectivity index (χ1n) is 6.52. The van der Waals surface area contributed by atoms with Crippen LogP contribution in [0.25, 0.3) is 0 Å². The van der Waals surface area contributed by atoms with Gasteiger partial charge in [-0.1, -0.05) is 0 Å². The molecule has 0 spiro atoms. The third-order valence-electron chi connectivity index (χ3n) is 3.21. The third-order valence-corrected chi connectivity index (χ3v) is 3.21. The molecule has 2 aromatic rings. The molecule has 0 fully saturated rings. The molecule has 21 heavy (non-hydrogen) atoms. The number of anilines is 1. The molecule has 0 saturated heterocycles. The van der Waals surface area contributed by atoms with Crippen molar-refractivity contribution in [1.29, 1.82) is 0 Å². The minimum atomic E-state index is -0.543. The Bertz CT molecular complexity index is 671. The molecule has 0 aromatic heterocycles. The molecule has 0 bridgehead atoms. The van der Waals surface area contributed by atoms with Gasteiger partial charge in [-0.2, -0.15) is 0 Å². The van der Waals surface area contributed by atoms with Crippen molar-refractivity contribution in [3.05, 3.63) is 64.7 Å². The minimum absolute atomic E-state index is 0.0599. The Morgan fingerprint density at radius 1 is 1.14 bits per heavy atom. The second-order valence-corrected chi connectivity index (χ2v) is 4.70. The van der Waals surface area contributed by atoms with Gasteiger partial charge in [-0.05, 0) is 48.9 Å². The summed E-state index contributed by atoms with van der Waals surface area (Å²) in [5, 5.41) is 5.58. The molecule has 0 radical (unpaired) electrons. The summed E-state index contributed by atoms with van der Waals surface area (Å²) < 4.78 is 26.5. The second kappa shape index (κ2) is 6.35. The average molecular weight is 290 g/mol. The van der Waals surface area contributed by atoms with E-state index in [4.69, 9.17) is 0 Å². The summed E-state index contributed by atoms with van der Waals surface area (Å²) in [7, 11) is 1.79. The molecule has 0 aliphatic heterocycles. The van der Waals surface area contributed by atoms with E-state index < -0.39 is 11.6 Å². The number of carbonyl (C=O) groups excluding carboxylic acids is 1. The lowest BCUT2D eigenvalue weighted by atomic mass is 10.1. The Balaban J connectivity index is 2.10. The fourth-order valence-electron chi connectivity index (χ4n) is 2.02. The summed E-state index contributed by atoms with van der Waals surface area (Å²) in [6, 6.07) is 8.48. The molecule has 2 N–H and O–H groups in total. The number of benzene rings is 2. The Hall–Kier alpha value is -2.43. The third kappa shape index (κ3) is 3.56. The molecule has 0 aliphatic carbocycles. The lowest BCUT2D eigenvalue weighted by Crippen LogP contribution is -2.24. The lowest BCUT2D eigenvalue weighted by molar-refractivity contribution is 0.0950. The number of halogens is 2. The molecule has 2 aromatic carbocycles. The Morgan fingerprint density at radius 2 is 1.90 bits per heavy atom. The quantitative estimate of drug-likeness (QED) is 0.907. The van der Waals surface area contributed by atoms with Crippen molar-refractivity contribution in [3.8, 4) is 0 Å². The van der Waals surface area contributed by atoms with E-state index in [2.05, 4.69) is 10.6 Å². The summed E-state index contributed by atoms with van der Waals surface area (Å²) in [4.78, 5) is 12.1. The van der Waals surface area contributed by atoms with Gasteiger partial charge in [0.2, 0.25) is 0 Å². The van der Waals surface area contributed by atoms with Gasteiger partial charge in [-0.15, -0.1) is 0 Å². The van der Waals surface area contributed by atoms with Crippen LogP contribution in [-0.2, 0) is 6.54 Å². The van der Waals surface area contributed by atoms with E-state index in [-0.39, 0.29) is 18.0 Å². The number of hydrogen-bond donors (Lipinski definition) is 2. The van der Waals surface area contributed by atoms with Crippen molar-refractivity contribution in [2.75, 3.05) is 12.4 Å². The minimum Gasteiger partial charge on any atom is -0.388 e. The van der Waals surface area contributed by atoms with Crippen molar-refractivity contribution < 1.29 is 13.6 Å². The van der Waals surface area contributed by atoms with Crippen LogP contribution in [0.2, 0.25) is 0 Å². The van der Waals surface area contributed by atoms with Crippen LogP contribution >= 0.6 is 0 Å². The van der Waals surface area contributed by atoms with Crippen molar-refractivity contribution in [2.45, 2.75) is 13.5 Å². The summed E-state index contributed by atoms with van der Waals surface area (Å²) in [6.45, 7) is 1.76. The van der Waals surface area contributed by atoms with Gasteiger partial charge in [0.15, 0.2) is 0 Å². The maximum Gasteiger partial charge on any atom is 0.251 e. The summed E-state index contributed by atoms with van der Waals surface area (Å²) in [5.74, 6) is -1.40. The molecule has 0 atom stereocenters. The maximum absolute atomic E-state index is 13.5. The SMILES string of the molecule is CNc1ccc(C(=O)NCc2cc(F)ccc2F)c(C)c1. The van der Waals surface area contributed by atoms with Crippen LogP contribution in [0.1, 0.15) is 21.5 Å². The number of nitrogens with one attached hydrogen (secondary N) is 2. The zero-order valence-corrected chi connectivity index (χ0v) is 11.8. The smallest absolute Gasteiger partial charge is 0.251 e.